The number of anilines is 1. The lowest BCUT2D eigenvalue weighted by Gasteiger charge is -2.56. The van der Waals surface area contributed by atoms with Gasteiger partial charge in [-0.1, -0.05) is 36.8 Å². The molecule has 0 bridgehead atoms. The number of primary amides is 1. The number of alkyl halides is 5. The van der Waals surface area contributed by atoms with Gasteiger partial charge in [0.05, 0.1) is 0 Å². The van der Waals surface area contributed by atoms with E-state index in [4.69, 9.17) is 5.73 Å². The van der Waals surface area contributed by atoms with Gasteiger partial charge >= 0.3 is 12.1 Å². The van der Waals surface area contributed by atoms with E-state index in [-0.39, 0.29) is 24.5 Å². The number of aliphatic hydroxyl groups is 1. The summed E-state index contributed by atoms with van der Waals surface area (Å²) < 4.78 is 71.7. The molecule has 0 aromatic heterocycles. The number of benzene rings is 2. The van der Waals surface area contributed by atoms with Gasteiger partial charge < -0.3 is 16.2 Å². The number of amides is 1. The van der Waals surface area contributed by atoms with Gasteiger partial charge in [0.25, 0.3) is 0 Å². The molecule has 5 atom stereocenters. The van der Waals surface area contributed by atoms with E-state index < -0.39 is 47.3 Å². The predicted molar refractivity (Wildman–Crippen MR) is 155 cm³/mol. The lowest BCUT2D eigenvalue weighted by atomic mass is 9.50. The minimum Gasteiger partial charge on any atom is -0.383 e. The van der Waals surface area contributed by atoms with Crippen molar-refractivity contribution in [3.8, 4) is 0 Å². The van der Waals surface area contributed by atoms with Crippen molar-refractivity contribution < 1.29 is 36.6 Å². The van der Waals surface area contributed by atoms with Crippen LogP contribution in [0.4, 0.5) is 27.6 Å². The van der Waals surface area contributed by atoms with Crippen LogP contribution in [0.5, 0.6) is 0 Å². The molecule has 0 aliphatic heterocycles. The Morgan fingerprint density at radius 3 is 2.32 bits per heavy atom. The highest BCUT2D eigenvalue weighted by Crippen LogP contribution is 2.70. The van der Waals surface area contributed by atoms with Crippen LogP contribution in [0, 0.1) is 17.3 Å². The first-order valence-corrected chi connectivity index (χ1v) is 15.0. The number of rotatable bonds is 6. The lowest BCUT2D eigenvalue weighted by Crippen LogP contribution is -2.65. The van der Waals surface area contributed by atoms with Crippen LogP contribution in [0.25, 0.3) is 0 Å². The molecule has 10 heteroatoms. The minimum atomic E-state index is -5.88. The number of fused-ring (bicyclic) bond motifs is 4. The van der Waals surface area contributed by atoms with Gasteiger partial charge in [0.2, 0.25) is 5.91 Å². The molecule has 4 N–H and O–H groups in total. The molecule has 6 rings (SSSR count). The van der Waals surface area contributed by atoms with Crippen LogP contribution in [0.2, 0.25) is 0 Å². The number of hydrogen-bond donors (Lipinski definition) is 3. The standard InChI is InChI=1S/C34H35F5N2O3/c1-31-17-27(20-4-2-19(3-5-20)18-41-23-9-6-21(7-10-23)30(40)43)29-25-13-11-24(42)16-22(25)8-12-26(29)28(31)14-15-32(31,44)33(35,36)34(37,38)39/h2-7,9-10,16,26-28,41,44H,8,11-15,17-18H2,1H3,(H2,40,43)/t26?,27-,28?,31+,32-/m1/s1. The van der Waals surface area contributed by atoms with Crippen molar-refractivity contribution >= 4 is 17.4 Å². The molecule has 2 saturated carbocycles. The van der Waals surface area contributed by atoms with Crippen molar-refractivity contribution in [3.05, 3.63) is 88.0 Å². The second kappa shape index (κ2) is 10.5. The molecule has 4 aliphatic carbocycles. The van der Waals surface area contributed by atoms with E-state index in [9.17, 15) is 27.9 Å². The molecule has 2 fully saturated rings. The predicted octanol–water partition coefficient (Wildman–Crippen LogP) is 7.23. The summed E-state index contributed by atoms with van der Waals surface area (Å²) in [4.78, 5) is 23.6. The highest BCUT2D eigenvalue weighted by molar-refractivity contribution is 5.93. The molecular formula is C34H35F5N2O3. The van der Waals surface area contributed by atoms with Crippen molar-refractivity contribution in [3.63, 3.8) is 0 Å². The summed E-state index contributed by atoms with van der Waals surface area (Å²) in [5.74, 6) is -7.02. The van der Waals surface area contributed by atoms with Crippen LogP contribution in [0.1, 0.15) is 79.3 Å². The van der Waals surface area contributed by atoms with Gasteiger partial charge in [-0.15, -0.1) is 0 Å². The molecule has 0 saturated heterocycles. The van der Waals surface area contributed by atoms with Crippen molar-refractivity contribution in [1.29, 1.82) is 0 Å². The van der Waals surface area contributed by atoms with Crippen LogP contribution < -0.4 is 11.1 Å². The zero-order valence-corrected chi connectivity index (χ0v) is 24.3. The smallest absolute Gasteiger partial charge is 0.383 e. The molecule has 0 radical (unpaired) electrons. The molecule has 234 valence electrons. The van der Waals surface area contributed by atoms with E-state index in [0.29, 0.717) is 37.8 Å². The Hall–Kier alpha value is -3.53. The molecule has 2 unspecified atom stereocenters. The van der Waals surface area contributed by atoms with E-state index in [2.05, 4.69) is 5.32 Å². The SMILES string of the molecule is C[C@]12C[C@H](c3ccc(CNc4ccc(C(N)=O)cc4)cc3)C3=C4CCC(=O)C=C4CCC3C1CC[C@]2(O)C(F)(F)C(F)(F)F. The van der Waals surface area contributed by atoms with Crippen molar-refractivity contribution in [1.82, 2.24) is 0 Å². The Bertz CT molecular complexity index is 1550. The molecule has 4 aliphatic rings. The molecular weight excluding hydrogens is 579 g/mol. The maximum atomic E-state index is 15.2. The Balaban J connectivity index is 1.36. The minimum absolute atomic E-state index is 0.0428. The summed E-state index contributed by atoms with van der Waals surface area (Å²) in [6.07, 6.45) is -2.85. The molecule has 0 spiro atoms. The fraction of sp³-hybridized carbons (Fsp3) is 0.471. The number of carbonyl (C=O) groups is 2. The van der Waals surface area contributed by atoms with Crippen LogP contribution in [-0.4, -0.2) is 34.5 Å². The molecule has 1 amide bonds. The summed E-state index contributed by atoms with van der Waals surface area (Å²) >= 11 is 0. The van der Waals surface area contributed by atoms with Gasteiger partial charge in [-0.2, -0.15) is 22.0 Å². The quantitative estimate of drug-likeness (QED) is 0.300. The summed E-state index contributed by atoms with van der Waals surface area (Å²) in [5.41, 5.74) is 6.27. The second-order valence-electron chi connectivity index (χ2n) is 13.0. The van der Waals surface area contributed by atoms with Crippen LogP contribution >= 0.6 is 0 Å². The third-order valence-electron chi connectivity index (χ3n) is 10.8. The van der Waals surface area contributed by atoms with Crippen molar-refractivity contribution in [2.24, 2.45) is 23.0 Å². The largest absolute Gasteiger partial charge is 0.456 e. The molecule has 2 aromatic carbocycles. The lowest BCUT2D eigenvalue weighted by molar-refractivity contribution is -0.362. The number of nitrogens with one attached hydrogen (secondary N) is 1. The first kappa shape index (κ1) is 30.5. The molecule has 0 heterocycles. The molecule has 5 nitrogen and oxygen atoms in total. The zero-order valence-electron chi connectivity index (χ0n) is 24.3. The fourth-order valence-corrected chi connectivity index (χ4v) is 8.54. The van der Waals surface area contributed by atoms with Crippen LogP contribution in [0.3, 0.4) is 0 Å². The van der Waals surface area contributed by atoms with E-state index in [1.54, 1.807) is 30.3 Å². The Labute approximate surface area is 252 Å². The first-order valence-electron chi connectivity index (χ1n) is 15.0. The van der Waals surface area contributed by atoms with Crippen molar-refractivity contribution in [2.45, 2.75) is 82.0 Å². The van der Waals surface area contributed by atoms with E-state index in [1.807, 2.05) is 24.3 Å². The third-order valence-corrected chi connectivity index (χ3v) is 10.8. The van der Waals surface area contributed by atoms with E-state index in [0.717, 1.165) is 33.5 Å². The highest BCUT2D eigenvalue weighted by Gasteiger charge is 2.79. The number of hydrogen-bond acceptors (Lipinski definition) is 4. The summed E-state index contributed by atoms with van der Waals surface area (Å²) in [6.45, 7) is 1.88. The number of carbonyl (C=O) groups excluding carboxylic acids is 2. The fourth-order valence-electron chi connectivity index (χ4n) is 8.54. The van der Waals surface area contributed by atoms with Gasteiger partial charge in [-0.05, 0) is 103 Å². The average Bonchev–Trinajstić information content (AvgIpc) is 3.26. The summed E-state index contributed by atoms with van der Waals surface area (Å²) in [7, 11) is 0. The van der Waals surface area contributed by atoms with Gasteiger partial charge in [0, 0.05) is 35.5 Å². The summed E-state index contributed by atoms with van der Waals surface area (Å²) in [5, 5.41) is 14.7. The molecule has 44 heavy (non-hydrogen) atoms. The highest BCUT2D eigenvalue weighted by atomic mass is 19.4. The van der Waals surface area contributed by atoms with E-state index in [1.165, 1.54) is 6.92 Å². The first-order chi connectivity index (χ1) is 20.7. The Morgan fingerprint density at radius 1 is 1.00 bits per heavy atom. The second-order valence-corrected chi connectivity index (χ2v) is 13.0. The van der Waals surface area contributed by atoms with Crippen LogP contribution in [0.15, 0.2) is 71.3 Å². The third kappa shape index (κ3) is 4.68. The average molecular weight is 615 g/mol. The molecule has 2 aromatic rings. The zero-order chi connectivity index (χ0) is 31.7. The normalized spacial score (nSPS) is 30.3. The number of nitrogens with two attached hydrogens (primary N) is 1. The van der Waals surface area contributed by atoms with E-state index >= 15 is 8.78 Å². The number of halogens is 5. The number of ketones is 1. The van der Waals surface area contributed by atoms with Gasteiger partial charge in [-0.25, -0.2) is 0 Å². The van der Waals surface area contributed by atoms with Gasteiger partial charge in [-0.3, -0.25) is 9.59 Å². The Morgan fingerprint density at radius 2 is 1.68 bits per heavy atom. The van der Waals surface area contributed by atoms with Gasteiger partial charge in [0.1, 0.15) is 5.60 Å². The maximum absolute atomic E-state index is 15.2. The van der Waals surface area contributed by atoms with Crippen LogP contribution in [-0.2, 0) is 11.3 Å². The summed E-state index contributed by atoms with van der Waals surface area (Å²) in [6, 6.07) is 14.3. The monoisotopic (exact) mass is 614 g/mol. The van der Waals surface area contributed by atoms with Gasteiger partial charge in [0.15, 0.2) is 5.78 Å². The van der Waals surface area contributed by atoms with Crippen molar-refractivity contribution in [2.75, 3.05) is 5.32 Å². The maximum Gasteiger partial charge on any atom is 0.456 e. The number of allylic oxidation sites excluding steroid dienone is 4. The topological polar surface area (TPSA) is 92.4 Å². The Kier molecular flexibility index (Phi) is 7.30.